The number of rotatable bonds is 5. The highest BCUT2D eigenvalue weighted by molar-refractivity contribution is 9.11. The largest absolute Gasteiger partial charge is 0.479 e. The van der Waals surface area contributed by atoms with Crippen LogP contribution in [0, 0.1) is 13.8 Å². The molecule has 7 nitrogen and oxygen atoms in total. The SMILES string of the molecule is Cc1nc(NC(C(=O)O)c2cc(C(=O)O)c(C)o2)c(Br)cc1Br. The van der Waals surface area contributed by atoms with Crippen molar-refractivity contribution in [1.29, 1.82) is 0 Å². The predicted molar refractivity (Wildman–Crippen MR) is 88.8 cm³/mol. The van der Waals surface area contributed by atoms with E-state index in [2.05, 4.69) is 42.2 Å². The Morgan fingerprint density at radius 2 is 1.87 bits per heavy atom. The van der Waals surface area contributed by atoms with E-state index in [1.807, 2.05) is 0 Å². The van der Waals surface area contributed by atoms with Gasteiger partial charge in [0.25, 0.3) is 0 Å². The number of hydrogen-bond donors (Lipinski definition) is 3. The lowest BCUT2D eigenvalue weighted by molar-refractivity contribution is -0.138. The molecule has 122 valence electrons. The van der Waals surface area contributed by atoms with Crippen LogP contribution in [0.4, 0.5) is 5.82 Å². The van der Waals surface area contributed by atoms with Gasteiger partial charge in [-0.3, -0.25) is 0 Å². The highest BCUT2D eigenvalue weighted by Gasteiger charge is 2.27. The molecular formula is C14H12Br2N2O5. The van der Waals surface area contributed by atoms with Crippen molar-refractivity contribution in [3.8, 4) is 0 Å². The van der Waals surface area contributed by atoms with E-state index < -0.39 is 18.0 Å². The number of aromatic nitrogens is 1. The van der Waals surface area contributed by atoms with Crippen molar-refractivity contribution in [1.82, 2.24) is 4.98 Å². The van der Waals surface area contributed by atoms with Gasteiger partial charge in [0, 0.05) is 4.47 Å². The third-order valence-corrected chi connectivity index (χ3v) is 4.49. The fourth-order valence-electron chi connectivity index (χ4n) is 1.91. The smallest absolute Gasteiger partial charge is 0.339 e. The van der Waals surface area contributed by atoms with Crippen molar-refractivity contribution in [2.24, 2.45) is 0 Å². The van der Waals surface area contributed by atoms with Crippen LogP contribution < -0.4 is 5.32 Å². The Bertz CT molecular complexity index is 788. The number of anilines is 1. The molecule has 0 aliphatic carbocycles. The minimum absolute atomic E-state index is 0.0123. The van der Waals surface area contributed by atoms with Crippen LogP contribution in [0.3, 0.4) is 0 Å². The van der Waals surface area contributed by atoms with Crippen molar-refractivity contribution in [2.45, 2.75) is 19.9 Å². The summed E-state index contributed by atoms with van der Waals surface area (Å²) in [6, 6.07) is 1.66. The molecule has 0 bridgehead atoms. The van der Waals surface area contributed by atoms with Crippen molar-refractivity contribution in [3.05, 3.63) is 43.9 Å². The molecule has 0 radical (unpaired) electrons. The summed E-state index contributed by atoms with van der Waals surface area (Å²) in [5, 5.41) is 21.2. The fraction of sp³-hybridized carbons (Fsp3) is 0.214. The third-order valence-electron chi connectivity index (χ3n) is 3.08. The van der Waals surface area contributed by atoms with Crippen molar-refractivity contribution in [3.63, 3.8) is 0 Å². The number of halogens is 2. The first-order valence-electron chi connectivity index (χ1n) is 6.36. The van der Waals surface area contributed by atoms with Crippen LogP contribution in [0.15, 0.2) is 25.5 Å². The summed E-state index contributed by atoms with van der Waals surface area (Å²) >= 11 is 6.63. The van der Waals surface area contributed by atoms with Crippen LogP contribution in [-0.4, -0.2) is 27.1 Å². The molecule has 0 saturated heterocycles. The quantitative estimate of drug-likeness (QED) is 0.639. The van der Waals surface area contributed by atoms with E-state index in [-0.39, 0.29) is 17.1 Å². The zero-order valence-corrected chi connectivity index (χ0v) is 15.2. The summed E-state index contributed by atoms with van der Waals surface area (Å²) in [7, 11) is 0. The molecule has 9 heteroatoms. The summed E-state index contributed by atoms with van der Waals surface area (Å²) in [4.78, 5) is 26.9. The van der Waals surface area contributed by atoms with Crippen LogP contribution in [0.1, 0.15) is 33.6 Å². The standard InChI is InChI=1S/C14H12Br2N2O5/c1-5-8(15)4-9(16)12(17-5)18-11(14(21)22)10-3-7(13(19)20)6(2)23-10/h3-4,11H,1-2H3,(H,17,18)(H,19,20)(H,21,22). The molecule has 2 aromatic heterocycles. The molecule has 2 heterocycles. The predicted octanol–water partition coefficient (Wildman–Crippen LogP) is 3.75. The lowest BCUT2D eigenvalue weighted by Gasteiger charge is -2.15. The lowest BCUT2D eigenvalue weighted by atomic mass is 10.2. The van der Waals surface area contributed by atoms with Crippen LogP contribution in [0.5, 0.6) is 0 Å². The molecule has 0 amide bonds. The van der Waals surface area contributed by atoms with E-state index in [9.17, 15) is 14.7 Å². The van der Waals surface area contributed by atoms with Gasteiger partial charge in [-0.2, -0.15) is 0 Å². The molecule has 0 fully saturated rings. The van der Waals surface area contributed by atoms with Gasteiger partial charge in [-0.25, -0.2) is 14.6 Å². The number of carboxylic acid groups (broad SMARTS) is 2. The minimum atomic E-state index is -1.27. The fourth-order valence-corrected chi connectivity index (χ4v) is 2.97. The number of hydrogen-bond acceptors (Lipinski definition) is 5. The Balaban J connectivity index is 2.41. The van der Waals surface area contributed by atoms with Crippen molar-refractivity contribution >= 4 is 49.6 Å². The van der Waals surface area contributed by atoms with Crippen LogP contribution in [0.2, 0.25) is 0 Å². The average Bonchev–Trinajstić information content (AvgIpc) is 2.82. The number of nitrogens with one attached hydrogen (secondary N) is 1. The normalized spacial score (nSPS) is 12.0. The van der Waals surface area contributed by atoms with Gasteiger partial charge in [0.15, 0.2) is 6.04 Å². The number of pyridine rings is 1. The molecule has 0 spiro atoms. The van der Waals surface area contributed by atoms with Gasteiger partial charge in [-0.05, 0) is 57.8 Å². The number of furan rings is 1. The van der Waals surface area contributed by atoms with Crippen molar-refractivity contribution in [2.75, 3.05) is 5.32 Å². The Morgan fingerprint density at radius 3 is 2.39 bits per heavy atom. The first-order chi connectivity index (χ1) is 10.7. The molecule has 0 saturated carbocycles. The zero-order valence-electron chi connectivity index (χ0n) is 12.1. The molecule has 2 rings (SSSR count). The number of carbonyl (C=O) groups is 2. The molecule has 0 aliphatic heterocycles. The van der Waals surface area contributed by atoms with Crippen LogP contribution in [-0.2, 0) is 4.79 Å². The summed E-state index contributed by atoms with van der Waals surface area (Å²) in [6.45, 7) is 3.22. The second kappa shape index (κ2) is 6.71. The molecule has 1 unspecified atom stereocenters. The first kappa shape index (κ1) is 17.5. The number of aliphatic carboxylic acids is 1. The van der Waals surface area contributed by atoms with E-state index in [1.165, 1.54) is 13.0 Å². The summed E-state index contributed by atoms with van der Waals surface area (Å²) in [5.74, 6) is -1.96. The second-order valence-electron chi connectivity index (χ2n) is 4.73. The van der Waals surface area contributed by atoms with Gasteiger partial charge < -0.3 is 19.9 Å². The zero-order chi connectivity index (χ0) is 17.3. The second-order valence-corrected chi connectivity index (χ2v) is 6.43. The Labute approximate surface area is 148 Å². The van der Waals surface area contributed by atoms with Gasteiger partial charge in [-0.15, -0.1) is 0 Å². The Kier molecular flexibility index (Phi) is 5.10. The molecule has 0 aliphatic rings. The minimum Gasteiger partial charge on any atom is -0.479 e. The Hall–Kier alpha value is -1.87. The van der Waals surface area contributed by atoms with E-state index >= 15 is 0 Å². The van der Waals surface area contributed by atoms with Crippen LogP contribution in [0.25, 0.3) is 0 Å². The van der Waals surface area contributed by atoms with Gasteiger partial charge in [0.1, 0.15) is 22.9 Å². The molecule has 23 heavy (non-hydrogen) atoms. The van der Waals surface area contributed by atoms with E-state index in [0.29, 0.717) is 16.0 Å². The number of aryl methyl sites for hydroxylation is 2. The summed E-state index contributed by atoms with van der Waals surface area (Å²) in [6.07, 6.45) is 0. The van der Waals surface area contributed by atoms with E-state index in [4.69, 9.17) is 9.52 Å². The molecule has 0 aromatic carbocycles. The maximum absolute atomic E-state index is 11.5. The maximum atomic E-state index is 11.5. The number of nitrogens with zero attached hydrogens (tertiary/aromatic N) is 1. The molecule has 3 N–H and O–H groups in total. The highest BCUT2D eigenvalue weighted by Crippen LogP contribution is 2.30. The van der Waals surface area contributed by atoms with Crippen LogP contribution >= 0.6 is 31.9 Å². The lowest BCUT2D eigenvalue weighted by Crippen LogP contribution is -2.21. The van der Waals surface area contributed by atoms with Crippen molar-refractivity contribution < 1.29 is 24.2 Å². The maximum Gasteiger partial charge on any atom is 0.339 e. The van der Waals surface area contributed by atoms with E-state index in [0.717, 1.165) is 4.47 Å². The van der Waals surface area contributed by atoms with Gasteiger partial charge in [-0.1, -0.05) is 0 Å². The topological polar surface area (TPSA) is 113 Å². The molecular weight excluding hydrogens is 436 g/mol. The number of carboxylic acids is 2. The monoisotopic (exact) mass is 446 g/mol. The summed E-state index contributed by atoms with van der Waals surface area (Å²) in [5.41, 5.74) is 0.591. The molecule has 1 atom stereocenters. The van der Waals surface area contributed by atoms with Gasteiger partial charge in [0.2, 0.25) is 0 Å². The van der Waals surface area contributed by atoms with E-state index in [1.54, 1.807) is 13.0 Å². The average molecular weight is 448 g/mol. The highest BCUT2D eigenvalue weighted by atomic mass is 79.9. The first-order valence-corrected chi connectivity index (χ1v) is 7.95. The number of aromatic carboxylic acids is 1. The third kappa shape index (κ3) is 3.73. The summed E-state index contributed by atoms with van der Waals surface area (Å²) < 4.78 is 6.61. The van der Waals surface area contributed by atoms with Gasteiger partial charge in [0.05, 0.1) is 10.2 Å². The van der Waals surface area contributed by atoms with Gasteiger partial charge >= 0.3 is 11.9 Å². The Morgan fingerprint density at radius 1 is 1.22 bits per heavy atom. The molecule has 2 aromatic rings.